The average molecular weight is 327 g/mol. The number of carboxylic acids is 1. The third-order valence-corrected chi connectivity index (χ3v) is 4.09. The molecule has 1 unspecified atom stereocenters. The third kappa shape index (κ3) is 5.70. The van der Waals surface area contributed by atoms with Gasteiger partial charge in [0.1, 0.15) is 11.8 Å². The monoisotopic (exact) mass is 327 g/mol. The summed E-state index contributed by atoms with van der Waals surface area (Å²) >= 11 is 0. The molecule has 0 amide bonds. The van der Waals surface area contributed by atoms with E-state index in [0.717, 1.165) is 24.2 Å². The van der Waals surface area contributed by atoms with E-state index in [0.29, 0.717) is 6.42 Å². The van der Waals surface area contributed by atoms with E-state index in [1.54, 1.807) is 7.11 Å². The summed E-state index contributed by atoms with van der Waals surface area (Å²) in [5.41, 5.74) is 2.25. The summed E-state index contributed by atoms with van der Waals surface area (Å²) in [6, 6.07) is 17.3. The normalized spacial score (nSPS) is 13.2. The van der Waals surface area contributed by atoms with E-state index in [9.17, 15) is 9.90 Å². The summed E-state index contributed by atoms with van der Waals surface area (Å²) in [4.78, 5) is 11.5. The van der Waals surface area contributed by atoms with Crippen molar-refractivity contribution < 1.29 is 14.6 Å². The van der Waals surface area contributed by atoms with Gasteiger partial charge in [0.25, 0.3) is 0 Å². The standard InChI is InChI=1S/C20H25NO3/c1-15(8-9-16-10-12-18(24-2)13-11-16)21-19(20(22)23)14-17-6-4-3-5-7-17/h3-7,10-13,15,19,21H,8-9,14H2,1-2H3,(H,22,23)/t15?,19-/m1/s1. The quantitative estimate of drug-likeness (QED) is 0.742. The number of aryl methyl sites for hydroxylation is 1. The Labute approximate surface area is 143 Å². The molecule has 2 N–H and O–H groups in total. The lowest BCUT2D eigenvalue weighted by atomic mass is 10.0. The van der Waals surface area contributed by atoms with E-state index >= 15 is 0 Å². The first-order valence-corrected chi connectivity index (χ1v) is 8.24. The first kappa shape index (κ1) is 18.0. The van der Waals surface area contributed by atoms with Crippen LogP contribution >= 0.6 is 0 Å². The third-order valence-electron chi connectivity index (χ3n) is 4.09. The van der Waals surface area contributed by atoms with Crippen LogP contribution in [-0.2, 0) is 17.6 Å². The molecule has 0 aliphatic heterocycles. The Morgan fingerprint density at radius 3 is 2.33 bits per heavy atom. The van der Waals surface area contributed by atoms with Crippen LogP contribution in [0.25, 0.3) is 0 Å². The summed E-state index contributed by atoms with van der Waals surface area (Å²) in [5, 5.41) is 12.7. The molecule has 2 atom stereocenters. The summed E-state index contributed by atoms with van der Waals surface area (Å²) in [6.07, 6.45) is 2.27. The number of methoxy groups -OCH3 is 1. The largest absolute Gasteiger partial charge is 0.497 e. The van der Waals surface area contributed by atoms with Crippen molar-refractivity contribution in [3.05, 3.63) is 65.7 Å². The molecular weight excluding hydrogens is 302 g/mol. The van der Waals surface area contributed by atoms with Crippen molar-refractivity contribution in [3.8, 4) is 5.75 Å². The van der Waals surface area contributed by atoms with Gasteiger partial charge >= 0.3 is 5.97 Å². The van der Waals surface area contributed by atoms with Gasteiger partial charge < -0.3 is 15.2 Å². The molecule has 0 aromatic heterocycles. The zero-order valence-electron chi connectivity index (χ0n) is 14.2. The van der Waals surface area contributed by atoms with E-state index in [1.165, 1.54) is 5.56 Å². The first-order valence-electron chi connectivity index (χ1n) is 8.24. The molecule has 0 aliphatic rings. The molecule has 0 radical (unpaired) electrons. The maximum atomic E-state index is 11.5. The molecule has 0 spiro atoms. The number of hydrogen-bond acceptors (Lipinski definition) is 3. The van der Waals surface area contributed by atoms with Crippen molar-refractivity contribution in [1.82, 2.24) is 5.32 Å². The highest BCUT2D eigenvalue weighted by Gasteiger charge is 2.19. The maximum absolute atomic E-state index is 11.5. The number of rotatable bonds is 9. The second-order valence-electron chi connectivity index (χ2n) is 6.04. The molecule has 0 fully saturated rings. The van der Waals surface area contributed by atoms with Gasteiger partial charge in [-0.3, -0.25) is 4.79 Å². The number of carboxylic acid groups (broad SMARTS) is 1. The van der Waals surface area contributed by atoms with Gasteiger partial charge in [0.05, 0.1) is 7.11 Å². The number of nitrogens with one attached hydrogen (secondary N) is 1. The van der Waals surface area contributed by atoms with E-state index < -0.39 is 12.0 Å². The Morgan fingerprint density at radius 1 is 1.08 bits per heavy atom. The molecule has 128 valence electrons. The molecule has 0 saturated heterocycles. The van der Waals surface area contributed by atoms with Gasteiger partial charge in [-0.1, -0.05) is 42.5 Å². The van der Waals surface area contributed by atoms with Crippen LogP contribution in [0.2, 0.25) is 0 Å². The van der Waals surface area contributed by atoms with E-state index in [1.807, 2.05) is 61.5 Å². The molecule has 0 heterocycles. The van der Waals surface area contributed by atoms with Gasteiger partial charge in [-0.05, 0) is 49.4 Å². The molecule has 0 aliphatic carbocycles. The lowest BCUT2D eigenvalue weighted by molar-refractivity contribution is -0.139. The highest BCUT2D eigenvalue weighted by molar-refractivity contribution is 5.74. The Morgan fingerprint density at radius 2 is 1.75 bits per heavy atom. The minimum absolute atomic E-state index is 0.122. The fourth-order valence-electron chi connectivity index (χ4n) is 2.67. The molecule has 2 rings (SSSR count). The second-order valence-corrected chi connectivity index (χ2v) is 6.04. The van der Waals surface area contributed by atoms with E-state index in [-0.39, 0.29) is 6.04 Å². The highest BCUT2D eigenvalue weighted by atomic mass is 16.5. The van der Waals surface area contributed by atoms with Crippen LogP contribution in [0.1, 0.15) is 24.5 Å². The number of carbonyl (C=O) groups is 1. The molecule has 0 bridgehead atoms. The molecule has 4 nitrogen and oxygen atoms in total. The molecular formula is C20H25NO3. The van der Waals surface area contributed by atoms with Crippen molar-refractivity contribution >= 4 is 5.97 Å². The Kier molecular flexibility index (Phi) is 6.82. The molecule has 2 aromatic carbocycles. The summed E-state index contributed by atoms with van der Waals surface area (Å²) in [6.45, 7) is 2.03. The SMILES string of the molecule is COc1ccc(CCC(C)N[C@H](Cc2ccccc2)C(=O)O)cc1. The van der Waals surface area contributed by atoms with Gasteiger partial charge in [-0.25, -0.2) is 0 Å². The Bertz CT molecular complexity index is 625. The van der Waals surface area contributed by atoms with Gasteiger partial charge in [0.15, 0.2) is 0 Å². The van der Waals surface area contributed by atoms with Crippen molar-refractivity contribution in [2.24, 2.45) is 0 Å². The lowest BCUT2D eigenvalue weighted by Crippen LogP contribution is -2.43. The first-order chi connectivity index (χ1) is 11.6. The summed E-state index contributed by atoms with van der Waals surface area (Å²) in [7, 11) is 1.65. The van der Waals surface area contributed by atoms with Crippen LogP contribution in [-0.4, -0.2) is 30.3 Å². The molecule has 4 heteroatoms. The minimum Gasteiger partial charge on any atom is -0.497 e. The van der Waals surface area contributed by atoms with E-state index in [4.69, 9.17) is 4.74 Å². The smallest absolute Gasteiger partial charge is 0.321 e. The van der Waals surface area contributed by atoms with Crippen LogP contribution < -0.4 is 10.1 Å². The van der Waals surface area contributed by atoms with Gasteiger partial charge in [0, 0.05) is 6.04 Å². The topological polar surface area (TPSA) is 58.6 Å². The predicted molar refractivity (Wildman–Crippen MR) is 95.5 cm³/mol. The van der Waals surface area contributed by atoms with Gasteiger partial charge in [0.2, 0.25) is 0 Å². The number of hydrogen-bond donors (Lipinski definition) is 2. The molecule has 2 aromatic rings. The van der Waals surface area contributed by atoms with Crippen molar-refractivity contribution in [2.45, 2.75) is 38.3 Å². The second kappa shape index (κ2) is 9.08. The lowest BCUT2D eigenvalue weighted by Gasteiger charge is -2.20. The zero-order chi connectivity index (χ0) is 17.4. The average Bonchev–Trinajstić information content (AvgIpc) is 2.60. The fourth-order valence-corrected chi connectivity index (χ4v) is 2.67. The van der Waals surface area contributed by atoms with Crippen molar-refractivity contribution in [2.75, 3.05) is 7.11 Å². The number of aliphatic carboxylic acids is 1. The molecule has 24 heavy (non-hydrogen) atoms. The van der Waals surface area contributed by atoms with Crippen molar-refractivity contribution in [1.29, 1.82) is 0 Å². The fraction of sp³-hybridized carbons (Fsp3) is 0.350. The van der Waals surface area contributed by atoms with Gasteiger partial charge in [-0.15, -0.1) is 0 Å². The molecule has 0 saturated carbocycles. The predicted octanol–water partition coefficient (Wildman–Crippen LogP) is 3.30. The van der Waals surface area contributed by atoms with Crippen molar-refractivity contribution in [3.63, 3.8) is 0 Å². The Balaban J connectivity index is 1.85. The van der Waals surface area contributed by atoms with Gasteiger partial charge in [-0.2, -0.15) is 0 Å². The zero-order valence-corrected chi connectivity index (χ0v) is 14.2. The van der Waals surface area contributed by atoms with E-state index in [2.05, 4.69) is 5.32 Å². The minimum atomic E-state index is -0.810. The summed E-state index contributed by atoms with van der Waals surface area (Å²) in [5.74, 6) is 0.0360. The summed E-state index contributed by atoms with van der Waals surface area (Å²) < 4.78 is 5.15. The van der Waals surface area contributed by atoms with Crippen LogP contribution in [0.3, 0.4) is 0 Å². The van der Waals surface area contributed by atoms with Crippen LogP contribution in [0.4, 0.5) is 0 Å². The Hall–Kier alpha value is -2.33. The highest BCUT2D eigenvalue weighted by Crippen LogP contribution is 2.13. The number of ether oxygens (including phenoxy) is 1. The number of benzene rings is 2. The van der Waals surface area contributed by atoms with Crippen LogP contribution in [0.15, 0.2) is 54.6 Å². The maximum Gasteiger partial charge on any atom is 0.321 e. The van der Waals surface area contributed by atoms with Crippen LogP contribution in [0, 0.1) is 0 Å². The van der Waals surface area contributed by atoms with Crippen LogP contribution in [0.5, 0.6) is 5.75 Å².